The van der Waals surface area contributed by atoms with Crippen molar-refractivity contribution < 1.29 is 34.2 Å². The Morgan fingerprint density at radius 1 is 1.13 bits per heavy atom. The van der Waals surface area contributed by atoms with Crippen molar-refractivity contribution in [3.05, 3.63) is 42.5 Å². The number of carboxylic acid groups (broad SMARTS) is 1. The maximum Gasteiger partial charge on any atom is 0.328 e. The number of aliphatic carboxylic acids is 1. The van der Waals surface area contributed by atoms with Gasteiger partial charge in [0.15, 0.2) is 0 Å². The number of benzene rings is 1. The summed E-state index contributed by atoms with van der Waals surface area (Å²) in [7, 11) is 0. The molecule has 1 rings (SSSR count). The first-order chi connectivity index (χ1) is 6.68. The predicted molar refractivity (Wildman–Crippen MR) is 51.8 cm³/mol. The van der Waals surface area contributed by atoms with E-state index in [1.54, 1.807) is 24.3 Å². The molecule has 4 nitrogen and oxygen atoms in total. The van der Waals surface area contributed by atoms with Crippen LogP contribution in [0.4, 0.5) is 5.69 Å². The monoisotopic (exact) mass is 255 g/mol. The Morgan fingerprint density at radius 3 is 2.27 bits per heavy atom. The van der Waals surface area contributed by atoms with Crippen molar-refractivity contribution in [3.63, 3.8) is 0 Å². The minimum atomic E-state index is -1.15. The first-order valence-corrected chi connectivity index (χ1v) is 3.95. The van der Waals surface area contributed by atoms with Crippen LogP contribution in [0.15, 0.2) is 42.5 Å². The van der Waals surface area contributed by atoms with Crippen molar-refractivity contribution in [2.45, 2.75) is 0 Å². The van der Waals surface area contributed by atoms with Crippen LogP contribution in [-0.4, -0.2) is 17.0 Å². The third kappa shape index (κ3) is 5.76. The van der Waals surface area contributed by atoms with E-state index in [0.29, 0.717) is 5.69 Å². The summed E-state index contributed by atoms with van der Waals surface area (Å²) in [5.41, 5.74) is 0.632. The number of carboxylic acids is 1. The number of nitrogens with one attached hydrogen (secondary N) is 1. The van der Waals surface area contributed by atoms with Crippen molar-refractivity contribution in [2.75, 3.05) is 5.32 Å². The molecular weight excluding hydrogens is 248 g/mol. The van der Waals surface area contributed by atoms with E-state index in [1.807, 2.05) is 6.07 Å². The van der Waals surface area contributed by atoms with Gasteiger partial charge in [-0.2, -0.15) is 0 Å². The van der Waals surface area contributed by atoms with Crippen LogP contribution in [0.1, 0.15) is 0 Å². The fraction of sp³-hybridized carbons (Fsp3) is 0. The molecule has 0 heterocycles. The number of rotatable bonds is 3. The van der Waals surface area contributed by atoms with Crippen molar-refractivity contribution in [1.82, 2.24) is 0 Å². The zero-order valence-corrected chi connectivity index (χ0v) is 11.0. The minimum absolute atomic E-state index is 0. The number of amides is 1. The summed E-state index contributed by atoms with van der Waals surface area (Å²) in [5.74, 6) is -1.60. The summed E-state index contributed by atoms with van der Waals surface area (Å²) < 4.78 is 0. The van der Waals surface area contributed by atoms with Gasteiger partial charge in [0.1, 0.15) is 0 Å². The van der Waals surface area contributed by atoms with E-state index in [0.717, 1.165) is 12.2 Å². The van der Waals surface area contributed by atoms with Crippen LogP contribution in [0.2, 0.25) is 0 Å². The molecule has 74 valence electrons. The minimum Gasteiger partial charge on any atom is -0.478 e. The Morgan fingerprint density at radius 2 is 1.73 bits per heavy atom. The van der Waals surface area contributed by atoms with Gasteiger partial charge in [0.05, 0.1) is 0 Å². The summed E-state index contributed by atoms with van der Waals surface area (Å²) in [6, 6.07) is 8.80. The average molecular weight is 257 g/mol. The number of carbonyl (C=O) groups is 2. The SMILES string of the molecule is O=C(O)/C=C\C(=O)Nc1ccccc1.[Zn]. The first kappa shape index (κ1) is 13.5. The van der Waals surface area contributed by atoms with Crippen molar-refractivity contribution in [2.24, 2.45) is 0 Å². The van der Waals surface area contributed by atoms with Gasteiger partial charge in [-0.05, 0) is 12.1 Å². The smallest absolute Gasteiger partial charge is 0.328 e. The van der Waals surface area contributed by atoms with E-state index >= 15 is 0 Å². The molecule has 0 aliphatic rings. The second-order valence-corrected chi connectivity index (χ2v) is 2.53. The van der Waals surface area contributed by atoms with Crippen LogP contribution in [0.3, 0.4) is 0 Å². The number of carbonyl (C=O) groups excluding carboxylic acids is 1. The molecule has 0 unspecified atom stereocenters. The molecule has 0 bridgehead atoms. The molecule has 0 saturated carbocycles. The topological polar surface area (TPSA) is 66.4 Å². The normalized spacial score (nSPS) is 9.33. The van der Waals surface area contributed by atoms with E-state index in [4.69, 9.17) is 5.11 Å². The zero-order chi connectivity index (χ0) is 10.4. The predicted octanol–water partition coefficient (Wildman–Crippen LogP) is 1.26. The van der Waals surface area contributed by atoms with E-state index in [2.05, 4.69) is 5.32 Å². The third-order valence-corrected chi connectivity index (χ3v) is 1.42. The van der Waals surface area contributed by atoms with Gasteiger partial charge in [0, 0.05) is 37.3 Å². The number of para-hydroxylation sites is 1. The number of hydrogen-bond donors (Lipinski definition) is 2. The largest absolute Gasteiger partial charge is 0.478 e. The summed E-state index contributed by atoms with van der Waals surface area (Å²) in [6.45, 7) is 0. The van der Waals surface area contributed by atoms with Crippen LogP contribution in [-0.2, 0) is 29.1 Å². The van der Waals surface area contributed by atoms with Gasteiger partial charge in [0.2, 0.25) is 5.91 Å². The Balaban J connectivity index is 0.00000196. The quantitative estimate of drug-likeness (QED) is 0.632. The zero-order valence-electron chi connectivity index (χ0n) is 8.01. The molecule has 0 saturated heterocycles. The fourth-order valence-electron chi connectivity index (χ4n) is 0.852. The maximum absolute atomic E-state index is 11.1. The van der Waals surface area contributed by atoms with Crippen LogP contribution >= 0.6 is 0 Å². The van der Waals surface area contributed by atoms with Crippen molar-refractivity contribution >= 4 is 17.6 Å². The third-order valence-electron chi connectivity index (χ3n) is 1.42. The molecule has 0 fully saturated rings. The first-order valence-electron chi connectivity index (χ1n) is 3.95. The molecule has 0 aromatic heterocycles. The van der Waals surface area contributed by atoms with E-state index in [-0.39, 0.29) is 19.5 Å². The fourth-order valence-corrected chi connectivity index (χ4v) is 0.852. The Bertz CT molecular complexity index is 362. The van der Waals surface area contributed by atoms with Gasteiger partial charge >= 0.3 is 5.97 Å². The Labute approximate surface area is 99.8 Å². The summed E-state index contributed by atoms with van der Waals surface area (Å²) in [6.07, 6.45) is 1.76. The number of hydrogen-bond acceptors (Lipinski definition) is 2. The van der Waals surface area contributed by atoms with E-state index in [9.17, 15) is 9.59 Å². The second kappa shape index (κ2) is 6.90. The second-order valence-electron chi connectivity index (χ2n) is 2.53. The molecule has 1 amide bonds. The Hall–Kier alpha value is -1.48. The molecule has 0 radical (unpaired) electrons. The molecule has 0 aliphatic heterocycles. The maximum atomic E-state index is 11.1. The van der Waals surface area contributed by atoms with Crippen molar-refractivity contribution in [3.8, 4) is 0 Å². The summed E-state index contributed by atoms with van der Waals surface area (Å²) in [4.78, 5) is 21.1. The van der Waals surface area contributed by atoms with Gasteiger partial charge in [-0.25, -0.2) is 4.79 Å². The van der Waals surface area contributed by atoms with Crippen LogP contribution < -0.4 is 5.32 Å². The molecule has 5 heteroatoms. The molecule has 15 heavy (non-hydrogen) atoms. The molecule has 0 aliphatic carbocycles. The average Bonchev–Trinajstić information content (AvgIpc) is 2.16. The van der Waals surface area contributed by atoms with Gasteiger partial charge < -0.3 is 10.4 Å². The van der Waals surface area contributed by atoms with Crippen LogP contribution in [0.25, 0.3) is 0 Å². The molecule has 1 aromatic rings. The van der Waals surface area contributed by atoms with Gasteiger partial charge in [-0.3, -0.25) is 4.79 Å². The summed E-state index contributed by atoms with van der Waals surface area (Å²) >= 11 is 0. The molecule has 1 aromatic carbocycles. The van der Waals surface area contributed by atoms with Gasteiger partial charge in [-0.15, -0.1) is 0 Å². The van der Waals surface area contributed by atoms with Gasteiger partial charge in [0.25, 0.3) is 0 Å². The van der Waals surface area contributed by atoms with E-state index < -0.39 is 11.9 Å². The van der Waals surface area contributed by atoms with Crippen LogP contribution in [0, 0.1) is 0 Å². The van der Waals surface area contributed by atoms with Crippen LogP contribution in [0.5, 0.6) is 0 Å². The summed E-state index contributed by atoms with van der Waals surface area (Å²) in [5, 5.41) is 10.8. The molecule has 2 N–H and O–H groups in total. The van der Waals surface area contributed by atoms with Crippen molar-refractivity contribution in [1.29, 1.82) is 0 Å². The standard InChI is InChI=1S/C10H9NO3.Zn/c12-9(6-7-10(13)14)11-8-4-2-1-3-5-8;/h1-7H,(H,11,12)(H,13,14);/b7-6-;. The van der Waals surface area contributed by atoms with Gasteiger partial charge in [-0.1, -0.05) is 18.2 Å². The van der Waals surface area contributed by atoms with E-state index in [1.165, 1.54) is 0 Å². The Kier molecular flexibility index (Phi) is 6.22. The molecule has 0 spiro atoms. The molecule has 0 atom stereocenters. The molecular formula is C10H9NO3Zn. The number of anilines is 1.